The van der Waals surface area contributed by atoms with E-state index in [0.29, 0.717) is 25.1 Å². The molecule has 1 heterocycles. The van der Waals surface area contributed by atoms with E-state index < -0.39 is 18.2 Å². The molecule has 3 aromatic rings. The van der Waals surface area contributed by atoms with Gasteiger partial charge in [-0.2, -0.15) is 0 Å². The van der Waals surface area contributed by atoms with Gasteiger partial charge in [0, 0.05) is 11.4 Å². The summed E-state index contributed by atoms with van der Waals surface area (Å²) in [6.45, 7) is 0.449. The molecule has 184 valence electrons. The van der Waals surface area contributed by atoms with Gasteiger partial charge in [-0.15, -0.1) is 30.1 Å². The molecule has 1 aliphatic heterocycles. The molecule has 35 heavy (non-hydrogen) atoms. The van der Waals surface area contributed by atoms with E-state index >= 15 is 4.39 Å². The first-order valence-corrected chi connectivity index (χ1v) is 12.1. The topological polar surface area (TPSA) is 44.8 Å². The van der Waals surface area contributed by atoms with Crippen LogP contribution in [0.3, 0.4) is 0 Å². The molecule has 0 radical (unpaired) electrons. The summed E-state index contributed by atoms with van der Waals surface area (Å²) in [4.78, 5) is 12.8. The highest BCUT2D eigenvalue weighted by Gasteiger charge is 2.32. The van der Waals surface area contributed by atoms with Crippen molar-refractivity contribution in [3.05, 3.63) is 72.5 Å². The Morgan fingerprint density at radius 2 is 1.83 bits per heavy atom. The molecule has 0 aliphatic carbocycles. The maximum atomic E-state index is 15.4. The number of rotatable bonds is 7. The van der Waals surface area contributed by atoms with Gasteiger partial charge in [-0.05, 0) is 72.7 Å². The first-order valence-electron chi connectivity index (χ1n) is 10.9. The van der Waals surface area contributed by atoms with Crippen molar-refractivity contribution in [3.8, 4) is 16.9 Å². The normalized spacial score (nSPS) is 16.7. The number of hydrazine groups is 2. The number of hydrogen-bond donors (Lipinski definition) is 1. The Morgan fingerprint density at radius 3 is 2.49 bits per heavy atom. The van der Waals surface area contributed by atoms with Crippen molar-refractivity contribution < 1.29 is 27.1 Å². The van der Waals surface area contributed by atoms with Crippen molar-refractivity contribution in [2.45, 2.75) is 30.1 Å². The van der Waals surface area contributed by atoms with Crippen LogP contribution in [-0.4, -0.2) is 36.6 Å². The van der Waals surface area contributed by atoms with Crippen molar-refractivity contribution >= 4 is 29.4 Å². The summed E-state index contributed by atoms with van der Waals surface area (Å²) in [5.74, 6) is -0.816. The molecule has 1 unspecified atom stereocenters. The largest absolute Gasteiger partial charge is 0.573 e. The van der Waals surface area contributed by atoms with E-state index in [2.05, 4.69) is 10.2 Å². The quantitative estimate of drug-likeness (QED) is 0.224. The minimum absolute atomic E-state index is 0.284. The van der Waals surface area contributed by atoms with Crippen LogP contribution >= 0.6 is 11.8 Å². The molecule has 1 atom stereocenters. The summed E-state index contributed by atoms with van der Waals surface area (Å²) in [7, 11) is 0. The number of carbonyl (C=O) groups excluding carboxylic acids is 1. The van der Waals surface area contributed by atoms with Crippen molar-refractivity contribution in [2.24, 2.45) is 0 Å². The molecule has 5 nitrogen and oxygen atoms in total. The van der Waals surface area contributed by atoms with Gasteiger partial charge in [0.25, 0.3) is 0 Å². The fourth-order valence-electron chi connectivity index (χ4n) is 4.00. The number of benzene rings is 3. The Bertz CT molecular complexity index is 1170. The predicted octanol–water partition coefficient (Wildman–Crippen LogP) is 6.53. The lowest BCUT2D eigenvalue weighted by molar-refractivity contribution is -0.274. The lowest BCUT2D eigenvalue weighted by Gasteiger charge is -2.43. The van der Waals surface area contributed by atoms with Gasteiger partial charge in [0.2, 0.25) is 0 Å². The molecule has 3 aromatic carbocycles. The molecule has 0 saturated carbocycles. The summed E-state index contributed by atoms with van der Waals surface area (Å²) in [6.07, 6.45) is -0.857. The molecular weight excluding hydrogens is 482 g/mol. The highest BCUT2D eigenvalue weighted by atomic mass is 32.2. The van der Waals surface area contributed by atoms with Crippen LogP contribution in [-0.2, 0) is 4.79 Å². The van der Waals surface area contributed by atoms with Crippen LogP contribution in [0.2, 0.25) is 0 Å². The number of nitrogens with one attached hydrogen (secondary N) is 1. The third-order valence-corrected chi connectivity index (χ3v) is 6.37. The molecule has 1 aliphatic rings. The van der Waals surface area contributed by atoms with E-state index in [1.54, 1.807) is 22.8 Å². The molecule has 10 heteroatoms. The van der Waals surface area contributed by atoms with Crippen molar-refractivity contribution in [1.29, 1.82) is 0 Å². The van der Waals surface area contributed by atoms with Crippen LogP contribution in [0, 0.1) is 5.82 Å². The zero-order valence-corrected chi connectivity index (χ0v) is 19.6. The Hall–Kier alpha value is -3.24. The number of nitrogens with zero attached hydrogens (tertiary/aromatic N) is 2. The maximum absolute atomic E-state index is 15.4. The standard InChI is InChI=1S/C25H23F4N3O2S/c1-35-24-7-3-2-6-21(24)17-8-13-23(22(26)15-17)31-14-4-5-19(16-33)32(31)30-18-9-11-20(12-10-18)34-25(27,28)29/h2-3,6-13,15-16,19,30H,4-5,14H2,1H3. The van der Waals surface area contributed by atoms with Crippen molar-refractivity contribution in [1.82, 2.24) is 5.12 Å². The number of carbonyl (C=O) groups is 1. The van der Waals surface area contributed by atoms with E-state index in [-0.39, 0.29) is 11.4 Å². The Balaban J connectivity index is 1.60. The third kappa shape index (κ3) is 5.88. The zero-order chi connectivity index (χ0) is 25.0. The minimum atomic E-state index is -4.79. The summed E-state index contributed by atoms with van der Waals surface area (Å²) in [6, 6.07) is 17.2. The average Bonchev–Trinajstić information content (AvgIpc) is 2.84. The van der Waals surface area contributed by atoms with Crippen LogP contribution in [0.5, 0.6) is 5.75 Å². The van der Waals surface area contributed by atoms with Crippen LogP contribution in [0.15, 0.2) is 71.6 Å². The van der Waals surface area contributed by atoms with Gasteiger partial charge in [-0.3, -0.25) is 5.01 Å². The number of ether oxygens (including phenoxy) is 1. The van der Waals surface area contributed by atoms with Gasteiger partial charge in [0.15, 0.2) is 0 Å². The first-order chi connectivity index (χ1) is 16.8. The predicted molar refractivity (Wildman–Crippen MR) is 129 cm³/mol. The van der Waals surface area contributed by atoms with Gasteiger partial charge in [0.1, 0.15) is 23.9 Å². The van der Waals surface area contributed by atoms with Crippen molar-refractivity contribution in [3.63, 3.8) is 0 Å². The molecule has 1 N–H and O–H groups in total. The third-order valence-electron chi connectivity index (χ3n) is 5.58. The van der Waals surface area contributed by atoms with E-state index in [1.807, 2.05) is 36.6 Å². The zero-order valence-electron chi connectivity index (χ0n) is 18.8. The van der Waals surface area contributed by atoms with Gasteiger partial charge in [-0.25, -0.2) is 4.39 Å². The summed E-state index contributed by atoms with van der Waals surface area (Å²) >= 11 is 1.58. The second-order valence-corrected chi connectivity index (χ2v) is 8.71. The second kappa shape index (κ2) is 10.6. The Morgan fingerprint density at radius 1 is 1.09 bits per heavy atom. The van der Waals surface area contributed by atoms with Gasteiger partial charge in [0.05, 0.1) is 11.4 Å². The molecule has 1 saturated heterocycles. The molecule has 0 spiro atoms. The number of halogens is 4. The van der Waals surface area contributed by atoms with E-state index in [0.717, 1.165) is 22.3 Å². The maximum Gasteiger partial charge on any atom is 0.573 e. The van der Waals surface area contributed by atoms with Gasteiger partial charge >= 0.3 is 6.36 Å². The number of thioether (sulfide) groups is 1. The highest BCUT2D eigenvalue weighted by molar-refractivity contribution is 7.98. The van der Waals surface area contributed by atoms with Crippen LogP contribution in [0.1, 0.15) is 12.8 Å². The minimum Gasteiger partial charge on any atom is -0.406 e. The Kier molecular flexibility index (Phi) is 7.51. The van der Waals surface area contributed by atoms with Crippen LogP contribution < -0.4 is 15.2 Å². The monoisotopic (exact) mass is 505 g/mol. The molecule has 1 fully saturated rings. The molecule has 0 amide bonds. The number of alkyl halides is 3. The van der Waals surface area contributed by atoms with Crippen molar-refractivity contribution in [2.75, 3.05) is 23.2 Å². The molecule has 0 bridgehead atoms. The summed E-state index contributed by atoms with van der Waals surface area (Å²) in [5.41, 5.74) is 5.40. The lowest BCUT2D eigenvalue weighted by Crippen LogP contribution is -2.56. The lowest BCUT2D eigenvalue weighted by atomic mass is 10.0. The smallest absolute Gasteiger partial charge is 0.406 e. The van der Waals surface area contributed by atoms with E-state index in [1.165, 1.54) is 35.4 Å². The van der Waals surface area contributed by atoms with E-state index in [9.17, 15) is 18.0 Å². The number of anilines is 2. The summed E-state index contributed by atoms with van der Waals surface area (Å²) in [5, 5.41) is 3.16. The highest BCUT2D eigenvalue weighted by Crippen LogP contribution is 2.34. The molecular formula is C25H23F4N3O2S. The SMILES string of the molecule is CSc1ccccc1-c1ccc(N2CCCC(C=O)N2Nc2ccc(OC(F)(F)F)cc2)c(F)c1. The van der Waals surface area contributed by atoms with Crippen LogP contribution in [0.25, 0.3) is 11.1 Å². The van der Waals surface area contributed by atoms with E-state index in [4.69, 9.17) is 0 Å². The Labute approximate surface area is 204 Å². The van der Waals surface area contributed by atoms with Crippen LogP contribution in [0.4, 0.5) is 28.9 Å². The fourth-order valence-corrected chi connectivity index (χ4v) is 4.62. The molecule has 4 rings (SSSR count). The average molecular weight is 506 g/mol. The number of aldehydes is 1. The molecule has 0 aromatic heterocycles. The van der Waals surface area contributed by atoms with Gasteiger partial charge < -0.3 is 15.0 Å². The van der Waals surface area contributed by atoms with Gasteiger partial charge in [-0.1, -0.05) is 24.3 Å². The first kappa shape index (κ1) is 24.9. The fraction of sp³-hybridized carbons (Fsp3) is 0.240. The number of hydrogen-bond acceptors (Lipinski definition) is 6. The second-order valence-electron chi connectivity index (χ2n) is 7.86. The summed E-state index contributed by atoms with van der Waals surface area (Å²) < 4.78 is 56.6.